The zero-order valence-electron chi connectivity index (χ0n) is 32.7. The van der Waals surface area contributed by atoms with Gasteiger partial charge in [-0.3, -0.25) is 4.79 Å². The van der Waals surface area contributed by atoms with Gasteiger partial charge in [-0.15, -0.1) is 0 Å². The van der Waals surface area contributed by atoms with Gasteiger partial charge in [0.1, 0.15) is 24.4 Å². The Morgan fingerprint density at radius 3 is 1.79 bits per heavy atom. The van der Waals surface area contributed by atoms with Crippen LogP contribution in [0.25, 0.3) is 0 Å². The average Bonchev–Trinajstić information content (AvgIpc) is 3.16. The first-order valence-corrected chi connectivity index (χ1v) is 20.3. The standard InChI is InChI=1S/C44H73NO8/c1-3-5-7-9-11-13-15-17-19-21-23-25-27-29-31-33-38(47)37(36-52-44-43(51)42(50)41(49)39(35-46)53-44)45-40(48)34-32-30-28-26-24-22-20-18-16-14-12-10-8-6-4-2/h6,8,12,14-15,17-18,20,23-26,31,33,37-39,41-44,46-47,49-51H,3-5,7,9-11,13,16,19,21-22,27-30,32,34-36H2,1-2H3,(H,45,48)/b8-6-,14-12-,17-15+,20-18-,25-23+,26-24-,33-31+. The Kier molecular flexibility index (Phi) is 31.0. The second kappa shape index (κ2) is 33.9. The van der Waals surface area contributed by atoms with Crippen LogP contribution in [0.3, 0.4) is 0 Å². The van der Waals surface area contributed by atoms with E-state index in [9.17, 15) is 30.3 Å². The van der Waals surface area contributed by atoms with Crippen molar-refractivity contribution in [3.05, 3.63) is 85.1 Å². The largest absolute Gasteiger partial charge is 0.394 e. The van der Waals surface area contributed by atoms with Crippen LogP contribution >= 0.6 is 0 Å². The summed E-state index contributed by atoms with van der Waals surface area (Å²) < 4.78 is 11.1. The summed E-state index contributed by atoms with van der Waals surface area (Å²) in [5.41, 5.74) is 0. The molecule has 0 bridgehead atoms. The van der Waals surface area contributed by atoms with Crippen molar-refractivity contribution in [3.63, 3.8) is 0 Å². The lowest BCUT2D eigenvalue weighted by Crippen LogP contribution is -2.60. The molecule has 1 aliphatic heterocycles. The van der Waals surface area contributed by atoms with Gasteiger partial charge in [0.2, 0.25) is 5.91 Å². The lowest BCUT2D eigenvalue weighted by Gasteiger charge is -2.40. The number of ether oxygens (including phenoxy) is 2. The van der Waals surface area contributed by atoms with Crippen molar-refractivity contribution < 1.29 is 39.8 Å². The topological polar surface area (TPSA) is 149 Å². The number of unbranched alkanes of at least 4 members (excludes halogenated alkanes) is 9. The minimum atomic E-state index is -1.58. The third-order valence-electron chi connectivity index (χ3n) is 8.93. The highest BCUT2D eigenvalue weighted by Gasteiger charge is 2.44. The molecule has 1 aliphatic rings. The van der Waals surface area contributed by atoms with E-state index in [2.05, 4.69) is 92.1 Å². The molecule has 0 aromatic rings. The number of carbonyl (C=O) groups excluding carboxylic acids is 1. The summed E-state index contributed by atoms with van der Waals surface area (Å²) in [5, 5.41) is 53.9. The number of rotatable bonds is 31. The fourth-order valence-corrected chi connectivity index (χ4v) is 5.65. The SMILES string of the molecule is CC/C=C\C/C=C\C/C=C\C/C=C\CCCCC(=O)NC(COC1OC(CO)C(O)C(O)C1O)C(O)/C=C/CC/C=C/CC/C=C/CCCCCCC. The molecule has 9 heteroatoms. The third kappa shape index (κ3) is 25.1. The lowest BCUT2D eigenvalue weighted by atomic mass is 9.99. The molecule has 0 radical (unpaired) electrons. The van der Waals surface area contributed by atoms with Gasteiger partial charge in [0.05, 0.1) is 25.4 Å². The predicted molar refractivity (Wildman–Crippen MR) is 216 cm³/mol. The van der Waals surface area contributed by atoms with Gasteiger partial charge in [0.25, 0.3) is 0 Å². The highest BCUT2D eigenvalue weighted by Crippen LogP contribution is 2.22. The molecule has 7 unspecified atom stereocenters. The normalized spacial score (nSPS) is 22.6. The molecule has 0 saturated carbocycles. The van der Waals surface area contributed by atoms with Crippen molar-refractivity contribution in [1.82, 2.24) is 5.32 Å². The Morgan fingerprint density at radius 2 is 1.19 bits per heavy atom. The summed E-state index contributed by atoms with van der Waals surface area (Å²) in [6.07, 6.45) is 39.1. The average molecular weight is 744 g/mol. The van der Waals surface area contributed by atoms with Gasteiger partial charge in [0.15, 0.2) is 6.29 Å². The van der Waals surface area contributed by atoms with Crippen LogP contribution in [0.1, 0.15) is 129 Å². The van der Waals surface area contributed by atoms with E-state index in [0.29, 0.717) is 12.8 Å². The van der Waals surface area contributed by atoms with E-state index in [4.69, 9.17) is 9.47 Å². The Labute approximate surface area is 321 Å². The van der Waals surface area contributed by atoms with Gasteiger partial charge < -0.3 is 40.3 Å². The maximum atomic E-state index is 12.9. The molecule has 1 amide bonds. The second-order valence-corrected chi connectivity index (χ2v) is 13.7. The first kappa shape index (κ1) is 48.4. The quantitative estimate of drug-likeness (QED) is 0.0314. The number of carbonyl (C=O) groups is 1. The maximum absolute atomic E-state index is 12.9. The van der Waals surface area contributed by atoms with Gasteiger partial charge in [-0.05, 0) is 83.5 Å². The van der Waals surface area contributed by atoms with Crippen LogP contribution in [0.4, 0.5) is 0 Å². The first-order chi connectivity index (χ1) is 25.8. The van der Waals surface area contributed by atoms with Crippen molar-refractivity contribution in [2.24, 2.45) is 0 Å². The zero-order chi connectivity index (χ0) is 38.8. The third-order valence-corrected chi connectivity index (χ3v) is 8.93. The van der Waals surface area contributed by atoms with Crippen LogP contribution in [0.15, 0.2) is 85.1 Å². The van der Waals surface area contributed by atoms with E-state index in [0.717, 1.165) is 64.2 Å². The summed E-state index contributed by atoms with van der Waals surface area (Å²) in [4.78, 5) is 12.9. The van der Waals surface area contributed by atoms with Crippen molar-refractivity contribution >= 4 is 5.91 Å². The molecule has 302 valence electrons. The molecular formula is C44H73NO8. The summed E-state index contributed by atoms with van der Waals surface area (Å²) in [6.45, 7) is 3.55. The summed E-state index contributed by atoms with van der Waals surface area (Å²) >= 11 is 0. The van der Waals surface area contributed by atoms with Gasteiger partial charge in [0, 0.05) is 6.42 Å². The summed E-state index contributed by atoms with van der Waals surface area (Å²) in [6, 6.07) is -0.852. The highest BCUT2D eigenvalue weighted by molar-refractivity contribution is 5.76. The molecular weight excluding hydrogens is 670 g/mol. The molecule has 1 heterocycles. The van der Waals surface area contributed by atoms with Crippen LogP contribution in [0, 0.1) is 0 Å². The van der Waals surface area contributed by atoms with E-state index in [1.54, 1.807) is 6.08 Å². The molecule has 6 N–H and O–H groups in total. The smallest absolute Gasteiger partial charge is 0.220 e. The van der Waals surface area contributed by atoms with Crippen molar-refractivity contribution in [2.75, 3.05) is 13.2 Å². The van der Waals surface area contributed by atoms with Crippen LogP contribution in [0.5, 0.6) is 0 Å². The fraction of sp³-hybridized carbons (Fsp3) is 0.659. The second-order valence-electron chi connectivity index (χ2n) is 13.7. The fourth-order valence-electron chi connectivity index (χ4n) is 5.65. The van der Waals surface area contributed by atoms with Gasteiger partial charge in [-0.25, -0.2) is 0 Å². The zero-order valence-corrected chi connectivity index (χ0v) is 32.7. The van der Waals surface area contributed by atoms with Gasteiger partial charge in [-0.2, -0.15) is 0 Å². The van der Waals surface area contributed by atoms with Crippen LogP contribution in [0.2, 0.25) is 0 Å². The number of hydrogen-bond acceptors (Lipinski definition) is 8. The van der Waals surface area contributed by atoms with Gasteiger partial charge in [-0.1, -0.05) is 125 Å². The molecule has 9 nitrogen and oxygen atoms in total. The van der Waals surface area contributed by atoms with E-state index >= 15 is 0 Å². The molecule has 53 heavy (non-hydrogen) atoms. The molecule has 0 aromatic heterocycles. The first-order valence-electron chi connectivity index (χ1n) is 20.3. The Hall–Kier alpha value is -2.63. The molecule has 0 aromatic carbocycles. The van der Waals surface area contributed by atoms with Crippen molar-refractivity contribution in [1.29, 1.82) is 0 Å². The van der Waals surface area contributed by atoms with Crippen molar-refractivity contribution in [2.45, 2.75) is 172 Å². The lowest BCUT2D eigenvalue weighted by molar-refractivity contribution is -0.302. The predicted octanol–water partition coefficient (Wildman–Crippen LogP) is 7.60. The van der Waals surface area contributed by atoms with Gasteiger partial charge >= 0.3 is 0 Å². The summed E-state index contributed by atoms with van der Waals surface area (Å²) in [5.74, 6) is -0.238. The highest BCUT2D eigenvalue weighted by atomic mass is 16.7. The number of hydrogen-bond donors (Lipinski definition) is 6. The Morgan fingerprint density at radius 1 is 0.660 bits per heavy atom. The van der Waals surface area contributed by atoms with Crippen molar-refractivity contribution in [3.8, 4) is 0 Å². The van der Waals surface area contributed by atoms with E-state index in [-0.39, 0.29) is 18.9 Å². The van der Waals surface area contributed by atoms with E-state index in [1.165, 1.54) is 32.1 Å². The number of nitrogens with one attached hydrogen (secondary N) is 1. The van der Waals surface area contributed by atoms with E-state index < -0.39 is 49.5 Å². The monoisotopic (exact) mass is 744 g/mol. The Bertz CT molecular complexity index is 1090. The molecule has 1 fully saturated rings. The Balaban J connectivity index is 2.52. The molecule has 1 rings (SSSR count). The number of allylic oxidation sites excluding steroid dienone is 13. The maximum Gasteiger partial charge on any atom is 0.220 e. The minimum absolute atomic E-state index is 0.228. The number of amides is 1. The minimum Gasteiger partial charge on any atom is -0.394 e. The molecule has 7 atom stereocenters. The van der Waals surface area contributed by atoms with E-state index in [1.807, 2.05) is 6.08 Å². The number of aliphatic hydroxyl groups is 5. The summed E-state index contributed by atoms with van der Waals surface area (Å²) in [7, 11) is 0. The van der Waals surface area contributed by atoms with Crippen LogP contribution < -0.4 is 5.32 Å². The molecule has 1 saturated heterocycles. The number of aliphatic hydroxyl groups excluding tert-OH is 5. The van der Waals surface area contributed by atoms with Crippen LogP contribution in [-0.2, 0) is 14.3 Å². The molecule has 0 aliphatic carbocycles. The van der Waals surface area contributed by atoms with Crippen LogP contribution in [-0.4, -0.2) is 87.5 Å². The molecule has 0 spiro atoms.